The minimum Gasteiger partial charge on any atom is -0.481 e. The van der Waals surface area contributed by atoms with Crippen LogP contribution in [0.2, 0.25) is 0 Å². The summed E-state index contributed by atoms with van der Waals surface area (Å²) in [6.45, 7) is 4.85. The minimum absolute atomic E-state index is 0.0206. The number of rotatable bonds is 2. The maximum Gasteiger partial charge on any atom is 0.310 e. The summed E-state index contributed by atoms with van der Waals surface area (Å²) >= 11 is 0. The third-order valence-corrected chi connectivity index (χ3v) is 9.85. The van der Waals surface area contributed by atoms with Gasteiger partial charge in [0.1, 0.15) is 5.78 Å². The molecular formula is C30H32O7. The Balaban J connectivity index is 0.000000138. The van der Waals surface area contributed by atoms with Crippen LogP contribution in [-0.4, -0.2) is 46.9 Å². The van der Waals surface area contributed by atoms with Crippen LogP contribution < -0.4 is 0 Å². The van der Waals surface area contributed by atoms with Crippen LogP contribution in [-0.2, 0) is 23.9 Å². The van der Waals surface area contributed by atoms with Gasteiger partial charge in [0.05, 0.1) is 24.0 Å². The molecule has 2 saturated carbocycles. The highest BCUT2D eigenvalue weighted by Gasteiger charge is 2.63. The molecule has 6 aliphatic carbocycles. The summed E-state index contributed by atoms with van der Waals surface area (Å²) in [5, 5.41) is 19.1. The summed E-state index contributed by atoms with van der Waals surface area (Å²) in [7, 11) is 0. The third-order valence-electron chi connectivity index (χ3n) is 9.85. The number of carbonyl (C=O) groups is 3. The highest BCUT2D eigenvalue weighted by Crippen LogP contribution is 2.64. The maximum atomic E-state index is 11.9. The molecule has 4 bridgehead atoms. The predicted molar refractivity (Wildman–Crippen MR) is 133 cm³/mol. The van der Waals surface area contributed by atoms with E-state index in [1.165, 1.54) is 11.1 Å². The Kier molecular flexibility index (Phi) is 5.41. The van der Waals surface area contributed by atoms with Crippen molar-refractivity contribution >= 4 is 17.7 Å². The molecule has 1 saturated heterocycles. The molecule has 6 unspecified atom stereocenters. The SMILES string of the molecule is CC1(C(=O)O)CC2C(=O)CC1c1ccccc12.CC1(C(=O)O)CC2c3ccccc3C1CC21OCCO1. The minimum atomic E-state index is -0.785. The lowest BCUT2D eigenvalue weighted by molar-refractivity contribution is -0.220. The van der Waals surface area contributed by atoms with Crippen molar-refractivity contribution in [3.63, 3.8) is 0 Å². The Morgan fingerprint density at radius 1 is 0.730 bits per heavy atom. The Morgan fingerprint density at radius 3 is 1.78 bits per heavy atom. The summed E-state index contributed by atoms with van der Waals surface area (Å²) < 4.78 is 11.9. The highest BCUT2D eigenvalue weighted by atomic mass is 16.7. The van der Waals surface area contributed by atoms with Crippen LogP contribution in [0.1, 0.15) is 85.5 Å². The van der Waals surface area contributed by atoms with Crippen molar-refractivity contribution in [2.45, 2.75) is 69.0 Å². The zero-order valence-electron chi connectivity index (χ0n) is 21.1. The number of hydrogen-bond donors (Lipinski definition) is 2. The van der Waals surface area contributed by atoms with Crippen molar-refractivity contribution in [3.05, 3.63) is 70.8 Å². The molecule has 1 spiro atoms. The van der Waals surface area contributed by atoms with Crippen LogP contribution in [0.25, 0.3) is 0 Å². The van der Waals surface area contributed by atoms with Gasteiger partial charge in [-0.3, -0.25) is 14.4 Å². The molecule has 2 N–H and O–H groups in total. The van der Waals surface area contributed by atoms with Gasteiger partial charge >= 0.3 is 11.9 Å². The lowest BCUT2D eigenvalue weighted by Gasteiger charge is -2.55. The van der Waals surface area contributed by atoms with Crippen LogP contribution in [0.3, 0.4) is 0 Å². The van der Waals surface area contributed by atoms with Crippen molar-refractivity contribution in [2.24, 2.45) is 10.8 Å². The first-order valence-electron chi connectivity index (χ1n) is 13.1. The van der Waals surface area contributed by atoms with Gasteiger partial charge in [0.15, 0.2) is 5.79 Å². The van der Waals surface area contributed by atoms with E-state index in [1.807, 2.05) is 43.3 Å². The molecule has 9 rings (SSSR count). The van der Waals surface area contributed by atoms with E-state index in [2.05, 4.69) is 12.1 Å². The fourth-order valence-corrected chi connectivity index (χ4v) is 7.71. The summed E-state index contributed by atoms with van der Waals surface area (Å²) in [5.41, 5.74) is 2.98. The molecule has 1 aliphatic heterocycles. The first kappa shape index (κ1) is 24.3. The van der Waals surface area contributed by atoms with E-state index in [0.717, 1.165) is 11.1 Å². The monoisotopic (exact) mass is 504 g/mol. The smallest absolute Gasteiger partial charge is 0.310 e. The molecule has 194 valence electrons. The van der Waals surface area contributed by atoms with E-state index in [1.54, 1.807) is 6.92 Å². The normalized spacial score (nSPS) is 35.9. The van der Waals surface area contributed by atoms with Crippen molar-refractivity contribution in [1.82, 2.24) is 0 Å². The fourth-order valence-electron chi connectivity index (χ4n) is 7.71. The van der Waals surface area contributed by atoms with Gasteiger partial charge in [-0.15, -0.1) is 0 Å². The zero-order chi connectivity index (χ0) is 26.2. The molecule has 0 radical (unpaired) electrons. The molecule has 2 aromatic rings. The molecule has 37 heavy (non-hydrogen) atoms. The summed E-state index contributed by atoms with van der Waals surface area (Å²) in [6.07, 6.45) is 2.06. The second-order valence-electron chi connectivity index (χ2n) is 11.7. The molecule has 0 aromatic heterocycles. The Bertz CT molecular complexity index is 1290. The van der Waals surface area contributed by atoms with Gasteiger partial charge in [-0.05, 0) is 48.9 Å². The van der Waals surface area contributed by atoms with Crippen LogP contribution in [0.4, 0.5) is 0 Å². The number of aliphatic carboxylic acids is 2. The van der Waals surface area contributed by atoms with Gasteiger partial charge in [0.2, 0.25) is 0 Å². The van der Waals surface area contributed by atoms with Gasteiger partial charge in [0, 0.05) is 36.5 Å². The molecule has 7 nitrogen and oxygen atoms in total. The second kappa shape index (κ2) is 8.23. The number of ketones is 1. The number of fused-ring (bicyclic) bond motifs is 3. The molecule has 0 amide bonds. The highest BCUT2D eigenvalue weighted by molar-refractivity contribution is 5.93. The summed E-state index contributed by atoms with van der Waals surface area (Å²) in [5.74, 6) is -2.28. The van der Waals surface area contributed by atoms with Gasteiger partial charge in [-0.1, -0.05) is 48.5 Å². The van der Waals surface area contributed by atoms with E-state index < -0.39 is 28.6 Å². The molecule has 6 atom stereocenters. The summed E-state index contributed by atoms with van der Waals surface area (Å²) in [6, 6.07) is 15.9. The standard InChI is InChI=1S/C16H18O4.C14H14O3/c1-15(14(17)18)8-13-11-5-3-2-4-10(11)12(15)9-16(13)19-6-7-20-16;1-14(13(16)17)7-10-8-4-2-3-5-9(8)11(14)6-12(10)15/h2-5,12-13H,6-9H2,1H3,(H,17,18);2-5,10-11H,6-7H2,1H3,(H,16,17). The van der Waals surface area contributed by atoms with E-state index in [9.17, 15) is 24.6 Å². The average Bonchev–Trinajstić information content (AvgIpc) is 3.35. The molecule has 7 heteroatoms. The first-order valence-corrected chi connectivity index (χ1v) is 13.1. The fraction of sp³-hybridized carbons (Fsp3) is 0.500. The number of Topliss-reactive ketones (excluding diaryl/α,β-unsaturated/α-hetero) is 1. The van der Waals surface area contributed by atoms with Gasteiger partial charge < -0.3 is 19.7 Å². The quantitative estimate of drug-likeness (QED) is 0.604. The molecule has 1 heterocycles. The van der Waals surface area contributed by atoms with Gasteiger partial charge in [-0.25, -0.2) is 0 Å². The van der Waals surface area contributed by atoms with E-state index in [0.29, 0.717) is 38.9 Å². The van der Waals surface area contributed by atoms with Crippen molar-refractivity contribution in [1.29, 1.82) is 0 Å². The zero-order valence-corrected chi connectivity index (χ0v) is 21.1. The topological polar surface area (TPSA) is 110 Å². The van der Waals surface area contributed by atoms with E-state index in [-0.39, 0.29) is 29.5 Å². The number of hydrogen-bond acceptors (Lipinski definition) is 5. The van der Waals surface area contributed by atoms with Crippen LogP contribution in [0.5, 0.6) is 0 Å². The Morgan fingerprint density at radius 2 is 1.22 bits per heavy atom. The number of carboxylic acid groups (broad SMARTS) is 2. The largest absolute Gasteiger partial charge is 0.481 e. The first-order chi connectivity index (χ1) is 17.6. The third kappa shape index (κ3) is 3.36. The molecule has 2 aromatic carbocycles. The second-order valence-corrected chi connectivity index (χ2v) is 11.7. The predicted octanol–water partition coefficient (Wildman–Crippen LogP) is 4.82. The lowest BCUT2D eigenvalue weighted by atomic mass is 9.52. The molecule has 3 fully saturated rings. The lowest BCUT2D eigenvalue weighted by Crippen LogP contribution is -2.55. The van der Waals surface area contributed by atoms with Crippen molar-refractivity contribution in [2.75, 3.05) is 13.2 Å². The molecular weight excluding hydrogens is 472 g/mol. The number of benzene rings is 2. The van der Waals surface area contributed by atoms with E-state index in [4.69, 9.17) is 9.47 Å². The Hall–Kier alpha value is -3.03. The molecule has 7 aliphatic rings. The van der Waals surface area contributed by atoms with Crippen molar-refractivity contribution in [3.8, 4) is 0 Å². The Labute approximate surface area is 215 Å². The maximum absolute atomic E-state index is 11.9. The van der Waals surface area contributed by atoms with Crippen LogP contribution in [0, 0.1) is 10.8 Å². The van der Waals surface area contributed by atoms with Gasteiger partial charge in [0.25, 0.3) is 0 Å². The number of carbonyl (C=O) groups excluding carboxylic acids is 1. The van der Waals surface area contributed by atoms with Gasteiger partial charge in [-0.2, -0.15) is 0 Å². The number of carboxylic acids is 2. The van der Waals surface area contributed by atoms with Crippen molar-refractivity contribution < 1.29 is 34.1 Å². The number of ether oxygens (including phenoxy) is 2. The summed E-state index contributed by atoms with van der Waals surface area (Å²) in [4.78, 5) is 35.2. The van der Waals surface area contributed by atoms with Crippen LogP contribution in [0.15, 0.2) is 48.5 Å². The van der Waals surface area contributed by atoms with Crippen LogP contribution >= 0.6 is 0 Å². The average molecular weight is 505 g/mol. The van der Waals surface area contributed by atoms with E-state index >= 15 is 0 Å².